The minimum atomic E-state index is -0.397. The maximum Gasteiger partial charge on any atom is 0.225 e. The Morgan fingerprint density at radius 3 is 2.75 bits per heavy atom. The summed E-state index contributed by atoms with van der Waals surface area (Å²) in [5.41, 5.74) is 2.36. The molecule has 1 atom stereocenters. The number of nitrogens with one attached hydrogen (secondary N) is 1. The number of halogens is 2. The first kappa shape index (κ1) is 16.7. The summed E-state index contributed by atoms with van der Waals surface area (Å²) in [5.74, 6) is -0.0695. The van der Waals surface area contributed by atoms with Crippen LogP contribution in [0.3, 0.4) is 0 Å². The maximum atomic E-state index is 13.3. The molecule has 0 aromatic heterocycles. The Bertz CT molecular complexity index is 766. The summed E-state index contributed by atoms with van der Waals surface area (Å²) in [4.78, 5) is 12.1. The second-order valence-electron chi connectivity index (χ2n) is 5.56. The average molecular weight is 350 g/mol. The first-order chi connectivity index (χ1) is 11.6. The lowest BCUT2D eigenvalue weighted by Gasteiger charge is -2.27. The lowest BCUT2D eigenvalue weighted by atomic mass is 9.84. The molecule has 0 saturated heterocycles. The number of amides is 1. The summed E-state index contributed by atoms with van der Waals surface area (Å²) in [5, 5.41) is 3.17. The molecule has 3 rings (SSSR count). The van der Waals surface area contributed by atoms with E-state index in [0.717, 1.165) is 11.1 Å². The molecular formula is C18H17ClFNO3. The normalized spacial score (nSPS) is 16.5. The van der Waals surface area contributed by atoms with E-state index in [4.69, 9.17) is 21.1 Å². The molecule has 1 amide bonds. The Kier molecular flexibility index (Phi) is 5.02. The van der Waals surface area contributed by atoms with Gasteiger partial charge in [0, 0.05) is 36.2 Å². The second kappa shape index (κ2) is 7.20. The van der Waals surface area contributed by atoms with Gasteiger partial charge in [0.15, 0.2) is 0 Å². The van der Waals surface area contributed by atoms with Crippen molar-refractivity contribution in [1.29, 1.82) is 0 Å². The van der Waals surface area contributed by atoms with Gasteiger partial charge in [-0.2, -0.15) is 0 Å². The molecule has 1 heterocycles. The molecule has 0 fully saturated rings. The van der Waals surface area contributed by atoms with E-state index in [-0.39, 0.29) is 18.2 Å². The number of benzene rings is 2. The van der Waals surface area contributed by atoms with Crippen molar-refractivity contribution < 1.29 is 18.7 Å². The van der Waals surface area contributed by atoms with Crippen LogP contribution in [0.25, 0.3) is 0 Å². The van der Waals surface area contributed by atoms with Gasteiger partial charge in [0.05, 0.1) is 6.61 Å². The predicted molar refractivity (Wildman–Crippen MR) is 90.3 cm³/mol. The Morgan fingerprint density at radius 2 is 2.00 bits per heavy atom. The highest BCUT2D eigenvalue weighted by molar-refractivity contribution is 6.31. The van der Waals surface area contributed by atoms with Crippen molar-refractivity contribution in [3.63, 3.8) is 0 Å². The third-order valence-electron chi connectivity index (χ3n) is 3.96. The van der Waals surface area contributed by atoms with Crippen LogP contribution in [0.15, 0.2) is 36.4 Å². The van der Waals surface area contributed by atoms with E-state index in [1.807, 2.05) is 12.1 Å². The molecule has 1 aliphatic rings. The zero-order valence-electron chi connectivity index (χ0n) is 13.1. The molecule has 6 heteroatoms. The number of rotatable bonds is 5. The van der Waals surface area contributed by atoms with Gasteiger partial charge in [-0.3, -0.25) is 4.79 Å². The van der Waals surface area contributed by atoms with Gasteiger partial charge in [-0.25, -0.2) is 4.39 Å². The van der Waals surface area contributed by atoms with Gasteiger partial charge in [0.2, 0.25) is 5.91 Å². The lowest BCUT2D eigenvalue weighted by Crippen LogP contribution is -2.23. The van der Waals surface area contributed by atoms with E-state index < -0.39 is 5.82 Å². The molecule has 0 radical (unpaired) electrons. The molecule has 2 aromatic rings. The van der Waals surface area contributed by atoms with Gasteiger partial charge in [-0.1, -0.05) is 23.7 Å². The molecule has 1 aliphatic heterocycles. The van der Waals surface area contributed by atoms with Gasteiger partial charge in [-0.05, 0) is 29.3 Å². The Morgan fingerprint density at radius 1 is 1.21 bits per heavy atom. The van der Waals surface area contributed by atoms with E-state index >= 15 is 0 Å². The molecule has 0 saturated carbocycles. The van der Waals surface area contributed by atoms with E-state index in [1.165, 1.54) is 12.1 Å². The third kappa shape index (κ3) is 3.52. The predicted octanol–water partition coefficient (Wildman–Crippen LogP) is 3.98. The lowest BCUT2D eigenvalue weighted by molar-refractivity contribution is -0.116. The molecule has 2 aromatic carbocycles. The van der Waals surface area contributed by atoms with Gasteiger partial charge in [0.1, 0.15) is 18.2 Å². The van der Waals surface area contributed by atoms with Gasteiger partial charge < -0.3 is 14.8 Å². The Labute approximate surface area is 144 Å². The summed E-state index contributed by atoms with van der Waals surface area (Å²) in [7, 11) is 1.60. The smallest absolute Gasteiger partial charge is 0.225 e. The number of carbonyl (C=O) groups excluding carboxylic acids is 1. The fourth-order valence-corrected chi connectivity index (χ4v) is 3.14. The SMILES string of the molecule is COCCOc1ccc2c(c1)NC(=O)C[C@@H]2c1ccc(F)cc1Cl. The van der Waals surface area contributed by atoms with Crippen LogP contribution in [-0.2, 0) is 9.53 Å². The fourth-order valence-electron chi connectivity index (χ4n) is 2.84. The van der Waals surface area contributed by atoms with Crippen LogP contribution in [0.4, 0.5) is 10.1 Å². The number of hydrogen-bond acceptors (Lipinski definition) is 3. The molecular weight excluding hydrogens is 333 g/mol. The van der Waals surface area contributed by atoms with E-state index in [0.29, 0.717) is 29.7 Å². The molecule has 0 spiro atoms. The molecule has 1 N–H and O–H groups in total. The standard InChI is InChI=1S/C18H17ClFNO3/c1-23-6-7-24-12-3-5-14-15(10-18(22)21-17(14)9-12)13-4-2-11(20)8-16(13)19/h2-5,8-9,15H,6-7,10H2,1H3,(H,21,22)/t15-/m1/s1. The highest BCUT2D eigenvalue weighted by Crippen LogP contribution is 2.41. The zero-order valence-corrected chi connectivity index (χ0v) is 13.9. The number of hydrogen-bond donors (Lipinski definition) is 1. The molecule has 0 aliphatic carbocycles. The van der Waals surface area contributed by atoms with Crippen LogP contribution < -0.4 is 10.1 Å². The van der Waals surface area contributed by atoms with Gasteiger partial charge in [-0.15, -0.1) is 0 Å². The Hall–Kier alpha value is -2.11. The Balaban J connectivity index is 1.93. The van der Waals surface area contributed by atoms with Crippen molar-refractivity contribution in [2.24, 2.45) is 0 Å². The van der Waals surface area contributed by atoms with Crippen molar-refractivity contribution in [2.75, 3.05) is 25.6 Å². The number of ether oxygens (including phenoxy) is 2. The molecule has 126 valence electrons. The average Bonchev–Trinajstić information content (AvgIpc) is 2.54. The highest BCUT2D eigenvalue weighted by Gasteiger charge is 2.28. The van der Waals surface area contributed by atoms with Crippen LogP contribution in [0.2, 0.25) is 5.02 Å². The highest BCUT2D eigenvalue weighted by atomic mass is 35.5. The summed E-state index contributed by atoms with van der Waals surface area (Å²) in [6, 6.07) is 9.79. The fraction of sp³-hybridized carbons (Fsp3) is 0.278. The largest absolute Gasteiger partial charge is 0.491 e. The quantitative estimate of drug-likeness (QED) is 0.831. The van der Waals surface area contributed by atoms with E-state index in [2.05, 4.69) is 5.32 Å². The van der Waals surface area contributed by atoms with Crippen LogP contribution in [-0.4, -0.2) is 26.2 Å². The van der Waals surface area contributed by atoms with Crippen LogP contribution in [0.5, 0.6) is 5.75 Å². The van der Waals surface area contributed by atoms with Crippen molar-refractivity contribution in [3.8, 4) is 5.75 Å². The van der Waals surface area contributed by atoms with Crippen LogP contribution >= 0.6 is 11.6 Å². The summed E-state index contributed by atoms with van der Waals surface area (Å²) >= 11 is 6.18. The second-order valence-corrected chi connectivity index (χ2v) is 5.97. The first-order valence-corrected chi connectivity index (χ1v) is 7.96. The maximum absolute atomic E-state index is 13.3. The summed E-state index contributed by atoms with van der Waals surface area (Å²) < 4.78 is 23.8. The summed E-state index contributed by atoms with van der Waals surface area (Å²) in [6.45, 7) is 0.910. The third-order valence-corrected chi connectivity index (χ3v) is 4.29. The van der Waals surface area contributed by atoms with Crippen molar-refractivity contribution in [3.05, 3.63) is 58.4 Å². The topological polar surface area (TPSA) is 47.6 Å². The van der Waals surface area contributed by atoms with Gasteiger partial charge in [0.25, 0.3) is 0 Å². The minimum absolute atomic E-state index is 0.109. The first-order valence-electron chi connectivity index (χ1n) is 7.59. The number of carbonyl (C=O) groups is 1. The van der Waals surface area contributed by atoms with Crippen molar-refractivity contribution in [1.82, 2.24) is 0 Å². The zero-order chi connectivity index (χ0) is 17.1. The van der Waals surface area contributed by atoms with Crippen molar-refractivity contribution >= 4 is 23.2 Å². The molecule has 4 nitrogen and oxygen atoms in total. The van der Waals surface area contributed by atoms with Crippen LogP contribution in [0.1, 0.15) is 23.5 Å². The van der Waals surface area contributed by atoms with E-state index in [9.17, 15) is 9.18 Å². The number of anilines is 1. The van der Waals surface area contributed by atoms with Gasteiger partial charge >= 0.3 is 0 Å². The molecule has 0 bridgehead atoms. The molecule has 24 heavy (non-hydrogen) atoms. The summed E-state index contributed by atoms with van der Waals surface area (Å²) in [6.07, 6.45) is 0.266. The number of fused-ring (bicyclic) bond motifs is 1. The van der Waals surface area contributed by atoms with Crippen molar-refractivity contribution in [2.45, 2.75) is 12.3 Å². The van der Waals surface area contributed by atoms with E-state index in [1.54, 1.807) is 19.2 Å². The number of methoxy groups -OCH3 is 1. The molecule has 0 unspecified atom stereocenters. The minimum Gasteiger partial charge on any atom is -0.491 e. The van der Waals surface area contributed by atoms with Crippen LogP contribution in [0, 0.1) is 5.82 Å². The monoisotopic (exact) mass is 349 g/mol.